The highest BCUT2D eigenvalue weighted by atomic mass is 32.2. The number of thioether (sulfide) groups is 1. The van der Waals surface area contributed by atoms with Crippen LogP contribution in [0.4, 0.5) is 8.78 Å². The molecule has 7 heteroatoms. The maximum Gasteiger partial charge on any atom is 0.387 e. The molecule has 0 bridgehead atoms. The van der Waals surface area contributed by atoms with Gasteiger partial charge in [0, 0.05) is 10.5 Å². The first-order chi connectivity index (χ1) is 12.1. The molecule has 0 saturated carbocycles. The molecule has 2 heterocycles. The van der Waals surface area contributed by atoms with E-state index in [1.165, 1.54) is 11.8 Å². The summed E-state index contributed by atoms with van der Waals surface area (Å²) in [6.45, 7) is -2.87. The highest BCUT2D eigenvalue weighted by Crippen LogP contribution is 2.46. The molecule has 0 fully saturated rings. The predicted molar refractivity (Wildman–Crippen MR) is 94.3 cm³/mol. The monoisotopic (exact) mass is 361 g/mol. The van der Waals surface area contributed by atoms with Gasteiger partial charge in [0.15, 0.2) is 0 Å². The maximum atomic E-state index is 12.9. The van der Waals surface area contributed by atoms with E-state index >= 15 is 0 Å². The molecule has 4 nitrogen and oxygen atoms in total. The fourth-order valence-corrected chi connectivity index (χ4v) is 4.25. The molecule has 4 rings (SSSR count). The molecule has 0 radical (unpaired) electrons. The molecular weight excluding hydrogens is 344 g/mol. The average Bonchev–Trinajstić information content (AvgIpc) is 3.12. The van der Waals surface area contributed by atoms with Gasteiger partial charge < -0.3 is 15.0 Å². The lowest BCUT2D eigenvalue weighted by Crippen LogP contribution is -2.12. The van der Waals surface area contributed by atoms with Crippen molar-refractivity contribution >= 4 is 22.8 Å². The number of imidazole rings is 1. The van der Waals surface area contributed by atoms with Gasteiger partial charge in [-0.2, -0.15) is 8.78 Å². The summed E-state index contributed by atoms with van der Waals surface area (Å²) in [6.07, 6.45) is 2.52. The Balaban J connectivity index is 1.93. The first-order valence-corrected chi connectivity index (χ1v) is 9.16. The molecule has 3 aromatic rings. The third-order valence-electron chi connectivity index (χ3n) is 4.54. The Kier molecular flexibility index (Phi) is 4.13. The van der Waals surface area contributed by atoms with Crippen LogP contribution in [0.5, 0.6) is 5.75 Å². The van der Waals surface area contributed by atoms with Crippen LogP contribution >= 0.6 is 11.8 Å². The van der Waals surface area contributed by atoms with E-state index in [2.05, 4.69) is 9.55 Å². The van der Waals surface area contributed by atoms with E-state index in [1.807, 2.05) is 36.6 Å². The van der Waals surface area contributed by atoms with E-state index in [0.717, 1.165) is 27.3 Å². The lowest BCUT2D eigenvalue weighted by Gasteiger charge is -2.21. The predicted octanol–water partition coefficient (Wildman–Crippen LogP) is 4.35. The summed E-state index contributed by atoms with van der Waals surface area (Å²) in [5.74, 6) is 0.981. The Bertz CT molecular complexity index is 928. The summed E-state index contributed by atoms with van der Waals surface area (Å²) in [7, 11) is 0. The number of nitrogens with zero attached hydrogens (tertiary/aromatic N) is 2. The fourth-order valence-electron chi connectivity index (χ4n) is 3.58. The van der Waals surface area contributed by atoms with Crippen LogP contribution in [-0.4, -0.2) is 22.4 Å². The molecule has 1 aromatic heterocycles. The van der Waals surface area contributed by atoms with Crippen molar-refractivity contribution in [2.75, 3.05) is 6.26 Å². The van der Waals surface area contributed by atoms with E-state index in [4.69, 9.17) is 10.5 Å². The van der Waals surface area contributed by atoms with Crippen LogP contribution in [-0.2, 0) is 0 Å². The normalized spacial score (nSPS) is 19.6. The van der Waals surface area contributed by atoms with Crippen molar-refractivity contribution in [3.63, 3.8) is 0 Å². The highest BCUT2D eigenvalue weighted by molar-refractivity contribution is 7.98. The second-order valence-corrected chi connectivity index (χ2v) is 6.79. The topological polar surface area (TPSA) is 53.1 Å². The summed E-state index contributed by atoms with van der Waals surface area (Å²) >= 11 is 1.51. The summed E-state index contributed by atoms with van der Waals surface area (Å²) < 4.78 is 32.7. The lowest BCUT2D eigenvalue weighted by atomic mass is 10.0. The smallest absolute Gasteiger partial charge is 0.387 e. The number of ether oxygens (including phenoxy) is 1. The van der Waals surface area contributed by atoms with Crippen LogP contribution in [0, 0.1) is 0 Å². The zero-order chi connectivity index (χ0) is 17.6. The number of para-hydroxylation sites is 2. The number of halogens is 2. The summed E-state index contributed by atoms with van der Waals surface area (Å²) in [5.41, 5.74) is 8.86. The Labute approximate surface area is 148 Å². The number of hydrogen-bond donors (Lipinski definition) is 1. The van der Waals surface area contributed by atoms with Gasteiger partial charge in [0.2, 0.25) is 0 Å². The largest absolute Gasteiger partial charge is 0.434 e. The number of benzene rings is 2. The lowest BCUT2D eigenvalue weighted by molar-refractivity contribution is -0.0508. The van der Waals surface area contributed by atoms with Gasteiger partial charge >= 0.3 is 6.61 Å². The molecule has 2 unspecified atom stereocenters. The zero-order valence-electron chi connectivity index (χ0n) is 13.5. The van der Waals surface area contributed by atoms with Gasteiger partial charge in [-0.25, -0.2) is 4.98 Å². The van der Waals surface area contributed by atoms with Crippen molar-refractivity contribution in [1.82, 2.24) is 9.55 Å². The van der Waals surface area contributed by atoms with E-state index in [0.29, 0.717) is 6.42 Å². The molecule has 25 heavy (non-hydrogen) atoms. The summed E-state index contributed by atoms with van der Waals surface area (Å²) in [5, 5.41) is 0. The molecule has 1 aliphatic heterocycles. The van der Waals surface area contributed by atoms with Crippen molar-refractivity contribution in [3.8, 4) is 5.75 Å². The minimum absolute atomic E-state index is 0.185. The zero-order valence-corrected chi connectivity index (χ0v) is 14.3. The number of alkyl halides is 2. The summed E-state index contributed by atoms with van der Waals surface area (Å²) in [4.78, 5) is 5.54. The van der Waals surface area contributed by atoms with Crippen LogP contribution in [0.25, 0.3) is 11.0 Å². The van der Waals surface area contributed by atoms with Gasteiger partial charge in [-0.15, -0.1) is 11.8 Å². The third kappa shape index (κ3) is 2.67. The van der Waals surface area contributed by atoms with Gasteiger partial charge in [0.25, 0.3) is 0 Å². The Hall–Kier alpha value is -2.12. The van der Waals surface area contributed by atoms with Gasteiger partial charge in [0.05, 0.1) is 23.1 Å². The molecule has 0 saturated heterocycles. The second kappa shape index (κ2) is 6.31. The van der Waals surface area contributed by atoms with Crippen molar-refractivity contribution in [1.29, 1.82) is 0 Å². The molecule has 0 amide bonds. The van der Waals surface area contributed by atoms with Gasteiger partial charge in [-0.1, -0.05) is 18.2 Å². The van der Waals surface area contributed by atoms with Gasteiger partial charge in [0.1, 0.15) is 11.6 Å². The fraction of sp³-hybridized carbons (Fsp3) is 0.278. The minimum atomic E-state index is -2.87. The first-order valence-electron chi connectivity index (χ1n) is 7.94. The molecule has 130 valence electrons. The van der Waals surface area contributed by atoms with Gasteiger partial charge in [-0.05, 0) is 36.9 Å². The van der Waals surface area contributed by atoms with Crippen LogP contribution < -0.4 is 10.5 Å². The average molecular weight is 361 g/mol. The molecule has 1 aliphatic rings. The van der Waals surface area contributed by atoms with Crippen molar-refractivity contribution < 1.29 is 13.5 Å². The molecule has 2 N–H and O–H groups in total. The number of rotatable bonds is 4. The minimum Gasteiger partial charge on any atom is -0.434 e. The molecule has 2 atom stereocenters. The third-order valence-corrected chi connectivity index (χ3v) is 5.33. The van der Waals surface area contributed by atoms with Crippen molar-refractivity contribution in [3.05, 3.63) is 53.9 Å². The standard InChI is InChI=1S/C18H17F2N3OS/c1-25-15-8-4-7-14(24-18(19)20)16(15)13-9-10(21)17-22-11-5-2-3-6-12(11)23(13)17/h2-8,10,13,18H,9,21H2,1H3. The molecule has 2 aromatic carbocycles. The SMILES string of the molecule is CSc1cccc(OC(F)F)c1C1CC(N)c2nc3ccccc3n21. The molecule has 0 spiro atoms. The highest BCUT2D eigenvalue weighted by Gasteiger charge is 2.35. The van der Waals surface area contributed by atoms with E-state index in [-0.39, 0.29) is 17.8 Å². The number of aromatic nitrogens is 2. The molecular formula is C18H17F2N3OS. The van der Waals surface area contributed by atoms with Gasteiger partial charge in [-0.3, -0.25) is 0 Å². The molecule has 0 aliphatic carbocycles. The maximum absolute atomic E-state index is 12.9. The van der Waals surface area contributed by atoms with Crippen LogP contribution in [0.1, 0.15) is 29.9 Å². The van der Waals surface area contributed by atoms with E-state index in [1.54, 1.807) is 12.1 Å². The first kappa shape index (κ1) is 16.4. The number of fused-ring (bicyclic) bond motifs is 3. The number of hydrogen-bond acceptors (Lipinski definition) is 4. The van der Waals surface area contributed by atoms with Crippen molar-refractivity contribution in [2.24, 2.45) is 5.73 Å². The van der Waals surface area contributed by atoms with Crippen LogP contribution in [0.3, 0.4) is 0 Å². The van der Waals surface area contributed by atoms with Crippen molar-refractivity contribution in [2.45, 2.75) is 30.0 Å². The quantitative estimate of drug-likeness (QED) is 0.702. The Morgan fingerprint density at radius 1 is 1.24 bits per heavy atom. The van der Waals surface area contributed by atoms with Crippen LogP contribution in [0.15, 0.2) is 47.4 Å². The Morgan fingerprint density at radius 3 is 2.80 bits per heavy atom. The number of nitrogens with two attached hydrogens (primary N) is 1. The Morgan fingerprint density at radius 2 is 2.04 bits per heavy atom. The van der Waals surface area contributed by atoms with E-state index < -0.39 is 6.61 Å². The second-order valence-electron chi connectivity index (χ2n) is 5.94. The summed E-state index contributed by atoms with van der Waals surface area (Å²) in [6, 6.07) is 12.6. The van der Waals surface area contributed by atoms with E-state index in [9.17, 15) is 8.78 Å². The van der Waals surface area contributed by atoms with Crippen LogP contribution in [0.2, 0.25) is 0 Å².